The molecule has 7 heteroatoms. The van der Waals surface area contributed by atoms with Crippen LogP contribution < -0.4 is 0 Å². The number of unbranched alkanes of at least 4 members (excludes halogenated alkanes) is 1. The van der Waals surface area contributed by atoms with Crippen LogP contribution in [0, 0.1) is 11.8 Å². The van der Waals surface area contributed by atoms with Gasteiger partial charge in [-0.15, -0.1) is 0 Å². The van der Waals surface area contributed by atoms with E-state index in [2.05, 4.69) is 6.92 Å². The molecule has 7 nitrogen and oxygen atoms in total. The minimum Gasteiger partial charge on any atom is -0.435 e. The fourth-order valence-corrected chi connectivity index (χ4v) is 4.10. The van der Waals surface area contributed by atoms with Gasteiger partial charge in [0.2, 0.25) is 5.91 Å². The fraction of sp³-hybridized carbons (Fsp3) is 0.636. The summed E-state index contributed by atoms with van der Waals surface area (Å²) in [5.74, 6) is -0.362. The van der Waals surface area contributed by atoms with Crippen LogP contribution in [-0.4, -0.2) is 56.0 Å². The first-order valence-corrected chi connectivity index (χ1v) is 10.5. The first-order valence-electron chi connectivity index (χ1n) is 10.5. The van der Waals surface area contributed by atoms with Crippen LogP contribution in [0.3, 0.4) is 0 Å². The number of rotatable bonds is 10. The molecule has 2 aliphatic rings. The third-order valence-corrected chi connectivity index (χ3v) is 5.57. The standard InChI is InChI=1S/C22H31NO6/c1-3-5-12-26-13-11-17-18(14-29-22(25)27-4-2)19-15-28-21(23(19)20(17)24)16-9-7-6-8-10-16/h6-10,17-19,21H,3-5,11-15H2,1-2H3/t17?,18-,19?,21+/m1/s1. The van der Waals surface area contributed by atoms with Crippen molar-refractivity contribution in [3.63, 3.8) is 0 Å². The fourth-order valence-electron chi connectivity index (χ4n) is 4.10. The lowest BCUT2D eigenvalue weighted by Crippen LogP contribution is -2.34. The highest BCUT2D eigenvalue weighted by Gasteiger charge is 2.54. The molecule has 0 saturated carbocycles. The van der Waals surface area contributed by atoms with E-state index in [0.717, 1.165) is 18.4 Å². The molecule has 0 bridgehead atoms. The Kier molecular flexibility index (Phi) is 7.89. The lowest BCUT2D eigenvalue weighted by molar-refractivity contribution is -0.138. The first-order chi connectivity index (χ1) is 14.2. The molecular weight excluding hydrogens is 374 g/mol. The highest BCUT2D eigenvalue weighted by atomic mass is 16.7. The van der Waals surface area contributed by atoms with Crippen LogP contribution in [0.1, 0.15) is 44.9 Å². The lowest BCUT2D eigenvalue weighted by Gasteiger charge is -2.23. The minimum absolute atomic E-state index is 0.0397. The first kappa shape index (κ1) is 21.6. The molecular formula is C22H31NO6. The quantitative estimate of drug-likeness (QED) is 0.438. The van der Waals surface area contributed by atoms with Crippen molar-refractivity contribution in [1.82, 2.24) is 4.90 Å². The third kappa shape index (κ3) is 5.08. The SMILES string of the molecule is CCCCOCCC1C(=O)N2C(CO[C@H]2c2ccccc2)[C@@H]1COC(=O)OCC. The Balaban J connectivity index is 1.70. The van der Waals surface area contributed by atoms with E-state index in [1.165, 1.54) is 0 Å². The lowest BCUT2D eigenvalue weighted by atomic mass is 9.89. The number of amides is 1. The van der Waals surface area contributed by atoms with Gasteiger partial charge in [0.1, 0.15) is 6.61 Å². The summed E-state index contributed by atoms with van der Waals surface area (Å²) in [5, 5.41) is 0. The molecule has 2 heterocycles. The van der Waals surface area contributed by atoms with Crippen molar-refractivity contribution in [2.45, 2.75) is 45.4 Å². The van der Waals surface area contributed by atoms with E-state index in [9.17, 15) is 9.59 Å². The van der Waals surface area contributed by atoms with E-state index < -0.39 is 12.4 Å². The smallest absolute Gasteiger partial charge is 0.435 e. The van der Waals surface area contributed by atoms with E-state index in [1.807, 2.05) is 35.2 Å². The Labute approximate surface area is 172 Å². The average Bonchev–Trinajstić information content (AvgIpc) is 3.27. The van der Waals surface area contributed by atoms with Gasteiger partial charge in [-0.1, -0.05) is 43.7 Å². The number of benzene rings is 1. The summed E-state index contributed by atoms with van der Waals surface area (Å²) >= 11 is 0. The minimum atomic E-state index is -0.699. The molecule has 4 atom stereocenters. The van der Waals surface area contributed by atoms with Gasteiger partial charge >= 0.3 is 6.16 Å². The van der Waals surface area contributed by atoms with Crippen LogP contribution >= 0.6 is 0 Å². The molecule has 2 aliphatic heterocycles. The van der Waals surface area contributed by atoms with E-state index >= 15 is 0 Å². The van der Waals surface area contributed by atoms with Gasteiger partial charge in [0.25, 0.3) is 0 Å². The Bertz CT molecular complexity index is 667. The van der Waals surface area contributed by atoms with Crippen LogP contribution in [0.2, 0.25) is 0 Å². The van der Waals surface area contributed by atoms with Crippen molar-refractivity contribution in [2.75, 3.05) is 33.0 Å². The van der Waals surface area contributed by atoms with Crippen LogP contribution in [0.4, 0.5) is 4.79 Å². The summed E-state index contributed by atoms with van der Waals surface area (Å²) in [4.78, 5) is 26.8. The molecule has 160 valence electrons. The second-order valence-corrected chi connectivity index (χ2v) is 7.43. The van der Waals surface area contributed by atoms with Crippen LogP contribution in [-0.2, 0) is 23.7 Å². The summed E-state index contributed by atoms with van der Waals surface area (Å²) in [5.41, 5.74) is 0.952. The van der Waals surface area contributed by atoms with Gasteiger partial charge in [-0.05, 0) is 19.8 Å². The summed E-state index contributed by atoms with van der Waals surface area (Å²) in [6, 6.07) is 9.62. The molecule has 0 spiro atoms. The van der Waals surface area contributed by atoms with Gasteiger partial charge in [-0.2, -0.15) is 0 Å². The largest absolute Gasteiger partial charge is 0.508 e. The predicted molar refractivity (Wildman–Crippen MR) is 106 cm³/mol. The Morgan fingerprint density at radius 3 is 2.69 bits per heavy atom. The van der Waals surface area contributed by atoms with Gasteiger partial charge in [0, 0.05) is 30.6 Å². The van der Waals surface area contributed by atoms with Crippen LogP contribution in [0.5, 0.6) is 0 Å². The predicted octanol–water partition coefficient (Wildman–Crippen LogP) is 3.54. The van der Waals surface area contributed by atoms with Gasteiger partial charge in [-0.25, -0.2) is 4.79 Å². The molecule has 2 saturated heterocycles. The molecule has 3 rings (SSSR count). The number of fused-ring (bicyclic) bond motifs is 1. The molecule has 0 aromatic heterocycles. The molecule has 1 aromatic rings. The Morgan fingerprint density at radius 1 is 1.17 bits per heavy atom. The summed E-state index contributed by atoms with van der Waals surface area (Å²) in [7, 11) is 0. The molecule has 0 radical (unpaired) electrons. The van der Waals surface area contributed by atoms with Crippen molar-refractivity contribution in [3.05, 3.63) is 35.9 Å². The highest BCUT2D eigenvalue weighted by molar-refractivity contribution is 5.83. The summed E-state index contributed by atoms with van der Waals surface area (Å²) < 4.78 is 21.8. The van der Waals surface area contributed by atoms with E-state index in [0.29, 0.717) is 26.2 Å². The van der Waals surface area contributed by atoms with Crippen molar-refractivity contribution < 1.29 is 28.5 Å². The topological polar surface area (TPSA) is 74.3 Å². The summed E-state index contributed by atoms with van der Waals surface area (Å²) in [6.07, 6.45) is 1.59. The third-order valence-electron chi connectivity index (χ3n) is 5.57. The molecule has 1 aromatic carbocycles. The Morgan fingerprint density at radius 2 is 1.97 bits per heavy atom. The second kappa shape index (κ2) is 10.6. The molecule has 2 fully saturated rings. The van der Waals surface area contributed by atoms with Gasteiger partial charge in [0.05, 0.1) is 19.3 Å². The van der Waals surface area contributed by atoms with Gasteiger partial charge in [-0.3, -0.25) is 4.79 Å². The molecule has 0 N–H and O–H groups in total. The number of carbonyl (C=O) groups is 2. The summed E-state index contributed by atoms with van der Waals surface area (Å²) in [6.45, 7) is 5.88. The van der Waals surface area contributed by atoms with Crippen LogP contribution in [0.25, 0.3) is 0 Å². The second-order valence-electron chi connectivity index (χ2n) is 7.43. The van der Waals surface area contributed by atoms with E-state index in [4.69, 9.17) is 18.9 Å². The number of hydrogen-bond acceptors (Lipinski definition) is 6. The zero-order valence-corrected chi connectivity index (χ0v) is 17.2. The van der Waals surface area contributed by atoms with E-state index in [-0.39, 0.29) is 37.0 Å². The van der Waals surface area contributed by atoms with Crippen molar-refractivity contribution in [1.29, 1.82) is 0 Å². The Hall–Kier alpha value is -2.12. The molecule has 29 heavy (non-hydrogen) atoms. The van der Waals surface area contributed by atoms with Gasteiger partial charge < -0.3 is 23.8 Å². The average molecular weight is 405 g/mol. The number of nitrogens with zero attached hydrogens (tertiary/aromatic N) is 1. The number of hydrogen-bond donors (Lipinski definition) is 0. The molecule has 2 unspecified atom stereocenters. The molecule has 1 amide bonds. The van der Waals surface area contributed by atoms with Crippen LogP contribution in [0.15, 0.2) is 30.3 Å². The normalized spacial score (nSPS) is 25.9. The number of carbonyl (C=O) groups excluding carboxylic acids is 2. The zero-order valence-electron chi connectivity index (χ0n) is 17.2. The van der Waals surface area contributed by atoms with E-state index in [1.54, 1.807) is 6.92 Å². The maximum atomic E-state index is 13.3. The maximum absolute atomic E-state index is 13.3. The molecule has 0 aliphatic carbocycles. The number of ether oxygens (including phenoxy) is 4. The van der Waals surface area contributed by atoms with Crippen molar-refractivity contribution in [2.24, 2.45) is 11.8 Å². The van der Waals surface area contributed by atoms with Crippen molar-refractivity contribution in [3.8, 4) is 0 Å². The maximum Gasteiger partial charge on any atom is 0.508 e. The van der Waals surface area contributed by atoms with Crippen molar-refractivity contribution >= 4 is 12.1 Å². The van der Waals surface area contributed by atoms with Gasteiger partial charge in [0.15, 0.2) is 6.23 Å². The monoisotopic (exact) mass is 405 g/mol. The zero-order chi connectivity index (χ0) is 20.6. The highest BCUT2D eigenvalue weighted by Crippen LogP contribution is 2.44.